The summed E-state index contributed by atoms with van der Waals surface area (Å²) < 4.78 is 0. The van der Waals surface area contributed by atoms with Gasteiger partial charge in [0, 0.05) is 29.9 Å². The molecular weight excluding hydrogens is 334 g/mol. The number of rotatable bonds is 4. The van der Waals surface area contributed by atoms with E-state index in [2.05, 4.69) is 21.3 Å². The van der Waals surface area contributed by atoms with Gasteiger partial charge in [0.2, 0.25) is 0 Å². The number of nitrogens with zero attached hydrogens (tertiary/aromatic N) is 2. The molecule has 0 spiro atoms. The number of carbonyl (C=O) groups excluding carboxylic acids is 1. The molecule has 2 heterocycles. The fourth-order valence-electron chi connectivity index (χ4n) is 4.49. The molecule has 4 nitrogen and oxygen atoms in total. The lowest BCUT2D eigenvalue weighted by atomic mass is 9.93. The maximum Gasteiger partial charge on any atom is 0.254 e. The van der Waals surface area contributed by atoms with Crippen molar-refractivity contribution >= 4 is 11.7 Å². The Morgan fingerprint density at radius 3 is 2.52 bits per heavy atom. The number of hydrogen-bond donors (Lipinski definition) is 1. The number of carbonyl (C=O) groups is 1. The molecule has 2 aromatic rings. The third kappa shape index (κ3) is 4.15. The summed E-state index contributed by atoms with van der Waals surface area (Å²) in [5.74, 6) is 1.11. The Labute approximate surface area is 162 Å². The molecule has 2 fully saturated rings. The number of hydrogen-bond acceptors (Lipinski definition) is 3. The van der Waals surface area contributed by atoms with Crippen molar-refractivity contribution in [3.05, 3.63) is 59.8 Å². The molecule has 1 aliphatic heterocycles. The van der Waals surface area contributed by atoms with Crippen LogP contribution >= 0.6 is 0 Å². The number of anilines is 1. The van der Waals surface area contributed by atoms with Crippen LogP contribution in [0, 0.1) is 0 Å². The van der Waals surface area contributed by atoms with Gasteiger partial charge < -0.3 is 10.2 Å². The van der Waals surface area contributed by atoms with Crippen molar-refractivity contribution in [3.8, 4) is 0 Å². The monoisotopic (exact) mass is 363 g/mol. The molecule has 0 radical (unpaired) electrons. The maximum atomic E-state index is 13.2. The lowest BCUT2D eigenvalue weighted by Gasteiger charge is -2.37. The van der Waals surface area contributed by atoms with Crippen LogP contribution in [0.15, 0.2) is 48.7 Å². The van der Waals surface area contributed by atoms with Gasteiger partial charge in [-0.15, -0.1) is 0 Å². The van der Waals surface area contributed by atoms with Crippen LogP contribution in [0.4, 0.5) is 5.82 Å². The van der Waals surface area contributed by atoms with E-state index in [0.717, 1.165) is 37.2 Å². The Morgan fingerprint density at radius 1 is 0.926 bits per heavy atom. The van der Waals surface area contributed by atoms with Crippen LogP contribution in [0.25, 0.3) is 0 Å². The Hall–Kier alpha value is -2.36. The average Bonchev–Trinajstić information content (AvgIpc) is 2.75. The molecule has 27 heavy (non-hydrogen) atoms. The summed E-state index contributed by atoms with van der Waals surface area (Å²) in [6.45, 7) is 0.816. The molecule has 142 valence electrons. The van der Waals surface area contributed by atoms with Crippen molar-refractivity contribution < 1.29 is 4.79 Å². The molecule has 1 atom stereocenters. The van der Waals surface area contributed by atoms with Crippen LogP contribution in [0.1, 0.15) is 73.3 Å². The van der Waals surface area contributed by atoms with Crippen molar-refractivity contribution in [1.29, 1.82) is 0 Å². The highest BCUT2D eigenvalue weighted by molar-refractivity contribution is 5.94. The minimum atomic E-state index is 0.103. The summed E-state index contributed by atoms with van der Waals surface area (Å²) >= 11 is 0. The van der Waals surface area contributed by atoms with Gasteiger partial charge in [-0.2, -0.15) is 0 Å². The fraction of sp³-hybridized carbons (Fsp3) is 0.478. The molecule has 4 heteroatoms. The Balaban J connectivity index is 1.59. The summed E-state index contributed by atoms with van der Waals surface area (Å²) in [6.07, 6.45) is 11.5. The number of aromatic nitrogens is 1. The first-order valence-electron chi connectivity index (χ1n) is 10.4. The zero-order chi connectivity index (χ0) is 18.5. The van der Waals surface area contributed by atoms with Crippen LogP contribution in [0.2, 0.25) is 0 Å². The predicted molar refractivity (Wildman–Crippen MR) is 109 cm³/mol. The van der Waals surface area contributed by atoms with Crippen LogP contribution < -0.4 is 5.32 Å². The first kappa shape index (κ1) is 18.0. The third-order valence-electron chi connectivity index (χ3n) is 5.93. The van der Waals surface area contributed by atoms with Gasteiger partial charge in [-0.05, 0) is 50.3 Å². The number of amides is 1. The van der Waals surface area contributed by atoms with E-state index in [4.69, 9.17) is 0 Å². The maximum absolute atomic E-state index is 13.2. The number of piperidine rings is 1. The van der Waals surface area contributed by atoms with Crippen molar-refractivity contribution in [2.45, 2.75) is 63.5 Å². The molecule has 1 N–H and O–H groups in total. The summed E-state index contributed by atoms with van der Waals surface area (Å²) in [6, 6.07) is 14.4. The number of benzene rings is 1. The minimum absolute atomic E-state index is 0.103. The lowest BCUT2D eigenvalue weighted by Crippen LogP contribution is -2.39. The third-order valence-corrected chi connectivity index (χ3v) is 5.93. The largest absolute Gasteiger partial charge is 0.367 e. The summed E-state index contributed by atoms with van der Waals surface area (Å²) in [5.41, 5.74) is 1.95. The van der Waals surface area contributed by atoms with E-state index in [0.29, 0.717) is 6.04 Å². The molecule has 1 aliphatic carbocycles. The Morgan fingerprint density at radius 2 is 1.70 bits per heavy atom. The Bertz CT molecular complexity index is 755. The van der Waals surface area contributed by atoms with E-state index in [1.54, 1.807) is 0 Å². The van der Waals surface area contributed by atoms with Crippen LogP contribution in [-0.4, -0.2) is 28.4 Å². The van der Waals surface area contributed by atoms with E-state index in [9.17, 15) is 4.79 Å². The first-order valence-corrected chi connectivity index (χ1v) is 10.4. The molecule has 2 aliphatic rings. The first-order chi connectivity index (χ1) is 13.3. The van der Waals surface area contributed by atoms with E-state index in [1.807, 2.05) is 42.6 Å². The fourth-order valence-corrected chi connectivity index (χ4v) is 4.49. The van der Waals surface area contributed by atoms with Gasteiger partial charge in [0.05, 0.1) is 6.04 Å². The summed E-state index contributed by atoms with van der Waals surface area (Å²) in [4.78, 5) is 19.9. The highest BCUT2D eigenvalue weighted by Gasteiger charge is 2.31. The highest BCUT2D eigenvalue weighted by atomic mass is 16.2. The van der Waals surface area contributed by atoms with Gasteiger partial charge in [-0.3, -0.25) is 4.79 Å². The number of likely N-dealkylation sites (tertiary alicyclic amines) is 1. The van der Waals surface area contributed by atoms with E-state index in [-0.39, 0.29) is 11.9 Å². The van der Waals surface area contributed by atoms with Crippen LogP contribution in [0.5, 0.6) is 0 Å². The zero-order valence-corrected chi connectivity index (χ0v) is 15.9. The van der Waals surface area contributed by atoms with E-state index in [1.165, 1.54) is 37.7 Å². The molecule has 1 saturated heterocycles. The van der Waals surface area contributed by atoms with Crippen LogP contribution in [0.3, 0.4) is 0 Å². The quantitative estimate of drug-likeness (QED) is 0.813. The number of nitrogens with one attached hydrogen (secondary N) is 1. The molecule has 0 bridgehead atoms. The average molecular weight is 364 g/mol. The lowest BCUT2D eigenvalue weighted by molar-refractivity contribution is 0.0612. The van der Waals surface area contributed by atoms with Gasteiger partial charge in [0.1, 0.15) is 5.82 Å². The Kier molecular flexibility index (Phi) is 5.71. The topological polar surface area (TPSA) is 45.2 Å². The molecule has 1 saturated carbocycles. The molecule has 1 aromatic carbocycles. The van der Waals surface area contributed by atoms with Crippen molar-refractivity contribution in [1.82, 2.24) is 9.88 Å². The van der Waals surface area contributed by atoms with Gasteiger partial charge in [0.25, 0.3) is 5.91 Å². The van der Waals surface area contributed by atoms with Gasteiger partial charge in [0.15, 0.2) is 0 Å². The summed E-state index contributed by atoms with van der Waals surface area (Å²) in [7, 11) is 0. The molecular formula is C23H29N3O. The van der Waals surface area contributed by atoms with Crippen LogP contribution in [-0.2, 0) is 0 Å². The van der Waals surface area contributed by atoms with Crippen molar-refractivity contribution in [2.75, 3.05) is 11.9 Å². The second-order valence-corrected chi connectivity index (χ2v) is 7.80. The molecule has 1 amide bonds. The van der Waals surface area contributed by atoms with Crippen molar-refractivity contribution in [2.24, 2.45) is 0 Å². The summed E-state index contributed by atoms with van der Waals surface area (Å²) in [5, 5.41) is 3.70. The second-order valence-electron chi connectivity index (χ2n) is 7.80. The SMILES string of the molecule is O=C(c1ccccc1)N1CCCCC1c1cccnc1NC1CCCCC1. The van der Waals surface area contributed by atoms with Gasteiger partial charge >= 0.3 is 0 Å². The molecule has 1 unspecified atom stereocenters. The standard InChI is InChI=1S/C23H29N3O/c27-23(18-10-3-1-4-11-18)26-17-8-7-15-21(26)20-14-9-16-24-22(20)25-19-12-5-2-6-13-19/h1,3-4,9-11,14,16,19,21H,2,5-8,12-13,15,17H2,(H,24,25). The second kappa shape index (κ2) is 8.55. The van der Waals surface area contributed by atoms with E-state index >= 15 is 0 Å². The minimum Gasteiger partial charge on any atom is -0.367 e. The van der Waals surface area contributed by atoms with E-state index < -0.39 is 0 Å². The number of pyridine rings is 1. The smallest absolute Gasteiger partial charge is 0.254 e. The van der Waals surface area contributed by atoms with Gasteiger partial charge in [-0.1, -0.05) is 43.5 Å². The predicted octanol–water partition coefficient (Wildman–Crippen LogP) is 5.19. The van der Waals surface area contributed by atoms with Gasteiger partial charge in [-0.25, -0.2) is 4.98 Å². The normalized spacial score (nSPS) is 21.0. The molecule has 1 aromatic heterocycles. The highest BCUT2D eigenvalue weighted by Crippen LogP contribution is 2.36. The van der Waals surface area contributed by atoms with Crippen molar-refractivity contribution in [3.63, 3.8) is 0 Å². The molecule has 4 rings (SSSR count). The zero-order valence-electron chi connectivity index (χ0n) is 15.9.